The Morgan fingerprint density at radius 3 is 2.50 bits per heavy atom. The van der Waals surface area contributed by atoms with Gasteiger partial charge < -0.3 is 21.3 Å². The third-order valence-electron chi connectivity index (χ3n) is 7.22. The lowest BCUT2D eigenvalue weighted by Crippen LogP contribution is -2.50. The molecule has 2 amide bonds. The van der Waals surface area contributed by atoms with Crippen molar-refractivity contribution in [2.75, 3.05) is 26.2 Å². The van der Waals surface area contributed by atoms with Crippen LogP contribution in [0.1, 0.15) is 48.5 Å². The maximum absolute atomic E-state index is 13.5. The molecule has 4 rings (SSSR count). The van der Waals surface area contributed by atoms with Gasteiger partial charge in [-0.15, -0.1) is 0 Å². The first kappa shape index (κ1) is 25.9. The Labute approximate surface area is 214 Å². The number of carbonyl (C=O) groups excluding carboxylic acids is 2. The van der Waals surface area contributed by atoms with E-state index in [2.05, 4.69) is 48.7 Å². The summed E-state index contributed by atoms with van der Waals surface area (Å²) in [7, 11) is 0. The van der Waals surface area contributed by atoms with Gasteiger partial charge in [0.25, 0.3) is 5.91 Å². The van der Waals surface area contributed by atoms with Crippen molar-refractivity contribution in [3.8, 4) is 0 Å². The maximum Gasteiger partial charge on any atom is 0.251 e. The molecule has 0 aromatic heterocycles. The first-order chi connectivity index (χ1) is 17.5. The Bertz CT molecular complexity index is 1160. The zero-order valence-corrected chi connectivity index (χ0v) is 21.3. The van der Waals surface area contributed by atoms with Gasteiger partial charge in [-0.1, -0.05) is 74.5 Å². The van der Waals surface area contributed by atoms with E-state index in [1.54, 1.807) is 0 Å². The maximum atomic E-state index is 13.5. The Hall–Kier alpha value is -3.22. The number of carbonyl (C=O) groups is 2. The number of amides is 2. The molecule has 190 valence electrons. The molecule has 4 N–H and O–H groups in total. The summed E-state index contributed by atoms with van der Waals surface area (Å²) in [6, 6.07) is 23.8. The van der Waals surface area contributed by atoms with Crippen molar-refractivity contribution in [3.05, 3.63) is 83.9 Å². The molecule has 3 aromatic carbocycles. The lowest BCUT2D eigenvalue weighted by molar-refractivity contribution is -0.133. The number of benzene rings is 3. The van der Waals surface area contributed by atoms with Crippen molar-refractivity contribution < 1.29 is 9.59 Å². The summed E-state index contributed by atoms with van der Waals surface area (Å²) >= 11 is 0. The average Bonchev–Trinajstić information content (AvgIpc) is 3.04. The number of nitrogens with zero attached hydrogens (tertiary/aromatic N) is 1. The zero-order valence-electron chi connectivity index (χ0n) is 21.3. The normalized spacial score (nSPS) is 19.3. The first-order valence-electron chi connectivity index (χ1n) is 13.0. The number of hydrogen-bond donors (Lipinski definition) is 3. The van der Waals surface area contributed by atoms with E-state index in [1.165, 1.54) is 5.56 Å². The van der Waals surface area contributed by atoms with Gasteiger partial charge in [-0.3, -0.25) is 9.59 Å². The van der Waals surface area contributed by atoms with Crippen LogP contribution >= 0.6 is 0 Å². The molecule has 0 saturated carbocycles. The average molecular weight is 487 g/mol. The van der Waals surface area contributed by atoms with Crippen LogP contribution in [0.15, 0.2) is 72.8 Å². The molecule has 0 aliphatic carbocycles. The molecule has 36 heavy (non-hydrogen) atoms. The fourth-order valence-corrected chi connectivity index (χ4v) is 5.08. The molecule has 0 bridgehead atoms. The highest BCUT2D eigenvalue weighted by atomic mass is 16.2. The van der Waals surface area contributed by atoms with Crippen LogP contribution < -0.4 is 16.4 Å². The molecule has 3 atom stereocenters. The summed E-state index contributed by atoms with van der Waals surface area (Å²) < 4.78 is 0. The van der Waals surface area contributed by atoms with Crippen LogP contribution in [0, 0.1) is 5.92 Å². The highest BCUT2D eigenvalue weighted by Gasteiger charge is 2.32. The summed E-state index contributed by atoms with van der Waals surface area (Å²) in [4.78, 5) is 28.4. The van der Waals surface area contributed by atoms with Crippen molar-refractivity contribution in [2.24, 2.45) is 11.7 Å². The molecule has 0 radical (unpaired) electrons. The highest BCUT2D eigenvalue weighted by Crippen LogP contribution is 2.26. The third-order valence-corrected chi connectivity index (χ3v) is 7.22. The predicted octanol–water partition coefficient (Wildman–Crippen LogP) is 3.92. The summed E-state index contributed by atoms with van der Waals surface area (Å²) in [5, 5.41) is 8.72. The molecule has 1 unspecified atom stereocenters. The lowest BCUT2D eigenvalue weighted by atomic mass is 9.87. The van der Waals surface area contributed by atoms with Gasteiger partial charge in [-0.25, -0.2) is 0 Å². The predicted molar refractivity (Wildman–Crippen MR) is 146 cm³/mol. The minimum Gasteiger partial charge on any atom is -0.350 e. The molecular weight excluding hydrogens is 448 g/mol. The number of hydrogen-bond acceptors (Lipinski definition) is 4. The number of rotatable bonds is 9. The quantitative estimate of drug-likeness (QED) is 0.428. The topological polar surface area (TPSA) is 87.5 Å². The third kappa shape index (κ3) is 6.31. The molecule has 1 fully saturated rings. The number of nitrogens with two attached hydrogens (primary N) is 1. The SMILES string of the molecule is CC(C)C(CN1CC[C@@H](CNC(=O)c2ccc3ccccc3c2)N[C@@H](CCN)C1=O)c1ccccc1. The van der Waals surface area contributed by atoms with E-state index in [0.29, 0.717) is 44.1 Å². The second kappa shape index (κ2) is 12.2. The van der Waals surface area contributed by atoms with E-state index in [9.17, 15) is 9.59 Å². The van der Waals surface area contributed by atoms with Crippen LogP contribution in [0.25, 0.3) is 10.8 Å². The van der Waals surface area contributed by atoms with Gasteiger partial charge in [0.15, 0.2) is 0 Å². The highest BCUT2D eigenvalue weighted by molar-refractivity contribution is 5.98. The summed E-state index contributed by atoms with van der Waals surface area (Å²) in [5.74, 6) is 0.666. The van der Waals surface area contributed by atoms with Crippen LogP contribution in [0.3, 0.4) is 0 Å². The van der Waals surface area contributed by atoms with Crippen molar-refractivity contribution in [3.63, 3.8) is 0 Å². The number of nitrogens with one attached hydrogen (secondary N) is 2. The van der Waals surface area contributed by atoms with Crippen LogP contribution in [0.2, 0.25) is 0 Å². The van der Waals surface area contributed by atoms with E-state index >= 15 is 0 Å². The van der Waals surface area contributed by atoms with E-state index in [-0.39, 0.29) is 29.8 Å². The summed E-state index contributed by atoms with van der Waals surface area (Å²) in [6.07, 6.45) is 1.34. The minimum absolute atomic E-state index is 0.00543. The Morgan fingerprint density at radius 1 is 1.06 bits per heavy atom. The van der Waals surface area contributed by atoms with Crippen LogP contribution in [-0.4, -0.2) is 55.0 Å². The zero-order chi connectivity index (χ0) is 25.5. The van der Waals surface area contributed by atoms with Gasteiger partial charge in [0, 0.05) is 37.2 Å². The standard InChI is InChI=1S/C30H38N4O2/c1-21(2)27(23-9-4-3-5-10-23)20-34-17-15-26(33-28(14-16-31)30(34)36)19-32-29(35)25-13-12-22-8-6-7-11-24(22)18-25/h3-13,18,21,26-28,33H,14-17,19-20,31H2,1-2H3,(H,32,35)/t26-,27?,28-/m0/s1. The molecule has 1 saturated heterocycles. The van der Waals surface area contributed by atoms with Crippen molar-refractivity contribution >= 4 is 22.6 Å². The van der Waals surface area contributed by atoms with Crippen molar-refractivity contribution in [1.29, 1.82) is 0 Å². The molecule has 1 heterocycles. The summed E-state index contributed by atoms with van der Waals surface area (Å²) in [5.41, 5.74) is 7.76. The Balaban J connectivity index is 1.42. The largest absolute Gasteiger partial charge is 0.350 e. The second-order valence-corrected chi connectivity index (χ2v) is 10.1. The molecule has 6 nitrogen and oxygen atoms in total. The van der Waals surface area contributed by atoms with E-state index in [4.69, 9.17) is 5.73 Å². The van der Waals surface area contributed by atoms with Gasteiger partial charge in [0.05, 0.1) is 6.04 Å². The Kier molecular flexibility index (Phi) is 8.73. The monoisotopic (exact) mass is 486 g/mol. The van der Waals surface area contributed by atoms with Crippen molar-refractivity contribution in [2.45, 2.75) is 44.7 Å². The second-order valence-electron chi connectivity index (χ2n) is 10.1. The van der Waals surface area contributed by atoms with Crippen molar-refractivity contribution in [1.82, 2.24) is 15.5 Å². The van der Waals surface area contributed by atoms with Gasteiger partial charge >= 0.3 is 0 Å². The van der Waals surface area contributed by atoms with Gasteiger partial charge in [-0.05, 0) is 53.8 Å². The van der Waals surface area contributed by atoms with Crippen LogP contribution in [-0.2, 0) is 4.79 Å². The van der Waals surface area contributed by atoms with E-state index in [1.807, 2.05) is 53.4 Å². The van der Waals surface area contributed by atoms with E-state index < -0.39 is 0 Å². The molecule has 3 aromatic rings. The van der Waals surface area contributed by atoms with Gasteiger partial charge in [0.2, 0.25) is 5.91 Å². The molecule has 6 heteroatoms. The lowest BCUT2D eigenvalue weighted by Gasteiger charge is -2.31. The van der Waals surface area contributed by atoms with Gasteiger partial charge in [0.1, 0.15) is 0 Å². The Morgan fingerprint density at radius 2 is 1.78 bits per heavy atom. The summed E-state index contributed by atoms with van der Waals surface area (Å²) in [6.45, 7) is 6.64. The smallest absolute Gasteiger partial charge is 0.251 e. The van der Waals surface area contributed by atoms with Crippen LogP contribution in [0.5, 0.6) is 0 Å². The molecular formula is C30H38N4O2. The fourth-order valence-electron chi connectivity index (χ4n) is 5.08. The fraction of sp³-hybridized carbons (Fsp3) is 0.400. The molecule has 1 aliphatic heterocycles. The first-order valence-corrected chi connectivity index (χ1v) is 13.0. The van der Waals surface area contributed by atoms with E-state index in [0.717, 1.165) is 17.2 Å². The molecule has 0 spiro atoms. The molecule has 1 aliphatic rings. The minimum atomic E-state index is -0.344. The number of fused-ring (bicyclic) bond motifs is 1. The van der Waals surface area contributed by atoms with Gasteiger partial charge in [-0.2, -0.15) is 0 Å². The van der Waals surface area contributed by atoms with Crippen LogP contribution in [0.4, 0.5) is 0 Å².